The first kappa shape index (κ1) is 21.9. The van der Waals surface area contributed by atoms with Crippen LogP contribution in [0, 0.1) is 0 Å². The molecule has 1 aromatic carbocycles. The number of likely N-dealkylation sites (N-methyl/N-ethyl adjacent to an activating group) is 2. The van der Waals surface area contributed by atoms with E-state index in [1.807, 2.05) is 53.1 Å². The Labute approximate surface area is 185 Å². The van der Waals surface area contributed by atoms with Crippen LogP contribution in [0.5, 0.6) is 5.75 Å². The van der Waals surface area contributed by atoms with Gasteiger partial charge in [0.25, 0.3) is 0 Å². The second kappa shape index (κ2) is 9.04. The van der Waals surface area contributed by atoms with Crippen molar-refractivity contribution in [3.63, 3.8) is 0 Å². The molecule has 0 bridgehead atoms. The maximum atomic E-state index is 13.0. The second-order valence-electron chi connectivity index (χ2n) is 9.44. The molecule has 1 atom stereocenters. The van der Waals surface area contributed by atoms with E-state index < -0.39 is 0 Å². The van der Waals surface area contributed by atoms with Crippen molar-refractivity contribution < 1.29 is 14.3 Å². The first-order valence-corrected chi connectivity index (χ1v) is 11.3. The van der Waals surface area contributed by atoms with Gasteiger partial charge in [0.05, 0.1) is 12.6 Å². The fourth-order valence-electron chi connectivity index (χ4n) is 4.88. The largest absolute Gasteiger partial charge is 0.487 e. The summed E-state index contributed by atoms with van der Waals surface area (Å²) in [4.78, 5) is 33.5. The minimum Gasteiger partial charge on any atom is -0.487 e. The number of para-hydroxylation sites is 1. The molecule has 1 spiro atoms. The smallest absolute Gasteiger partial charge is 0.320 e. The predicted molar refractivity (Wildman–Crippen MR) is 119 cm³/mol. The molecule has 0 aromatic heterocycles. The van der Waals surface area contributed by atoms with E-state index in [4.69, 9.17) is 4.74 Å². The van der Waals surface area contributed by atoms with Crippen molar-refractivity contribution in [3.05, 3.63) is 29.8 Å². The topological polar surface area (TPSA) is 68.4 Å². The first-order valence-electron chi connectivity index (χ1n) is 11.3. The maximum absolute atomic E-state index is 13.0. The van der Waals surface area contributed by atoms with Crippen LogP contribution in [-0.2, 0) is 4.79 Å². The Morgan fingerprint density at radius 1 is 1.06 bits per heavy atom. The molecule has 8 nitrogen and oxygen atoms in total. The third-order valence-corrected chi connectivity index (χ3v) is 6.71. The number of carbonyl (C=O) groups is 2. The molecule has 1 N–H and O–H groups in total. The quantitative estimate of drug-likeness (QED) is 0.787. The number of rotatable bonds is 3. The number of piperidine rings is 1. The van der Waals surface area contributed by atoms with Crippen molar-refractivity contribution in [2.75, 3.05) is 67.0 Å². The molecule has 2 saturated heterocycles. The summed E-state index contributed by atoms with van der Waals surface area (Å²) in [6.07, 6.45) is 2.29. The standard InChI is InChI=1S/C23H35N5O3/c1-25(2)17-21(29)24-19-16-23(31-20-7-5-4-6-18(19)20)8-10-27(11-9-23)22(30)28-14-12-26(3)13-15-28/h4-7,19H,8-17H2,1-3H3,(H,24,29). The van der Waals surface area contributed by atoms with E-state index in [9.17, 15) is 9.59 Å². The Balaban J connectivity index is 1.42. The van der Waals surface area contributed by atoms with E-state index in [1.54, 1.807) is 0 Å². The highest BCUT2D eigenvalue weighted by molar-refractivity contribution is 5.78. The molecule has 8 heteroatoms. The number of hydrogen-bond donors (Lipinski definition) is 1. The molecule has 31 heavy (non-hydrogen) atoms. The number of carbonyl (C=O) groups excluding carboxylic acids is 2. The maximum Gasteiger partial charge on any atom is 0.320 e. The minimum atomic E-state index is -0.344. The van der Waals surface area contributed by atoms with Crippen molar-refractivity contribution in [1.29, 1.82) is 0 Å². The molecule has 0 saturated carbocycles. The van der Waals surface area contributed by atoms with Crippen molar-refractivity contribution in [3.8, 4) is 5.75 Å². The molecule has 3 aliphatic rings. The molecule has 3 heterocycles. The van der Waals surface area contributed by atoms with Crippen molar-refractivity contribution >= 4 is 11.9 Å². The van der Waals surface area contributed by atoms with Crippen molar-refractivity contribution in [2.24, 2.45) is 0 Å². The van der Waals surface area contributed by atoms with Gasteiger partial charge in [0, 0.05) is 64.1 Å². The third kappa shape index (κ3) is 4.96. The van der Waals surface area contributed by atoms with Crippen LogP contribution in [0.3, 0.4) is 0 Å². The fourth-order valence-corrected chi connectivity index (χ4v) is 4.88. The van der Waals surface area contributed by atoms with Crippen LogP contribution in [0.15, 0.2) is 24.3 Å². The van der Waals surface area contributed by atoms with Gasteiger partial charge in [-0.3, -0.25) is 4.79 Å². The Hall–Kier alpha value is -2.32. The number of nitrogens with zero attached hydrogens (tertiary/aromatic N) is 4. The summed E-state index contributed by atoms with van der Waals surface area (Å²) in [6.45, 7) is 5.17. The lowest BCUT2D eigenvalue weighted by Gasteiger charge is -2.47. The average molecular weight is 430 g/mol. The van der Waals surface area contributed by atoms with Crippen LogP contribution in [0.1, 0.15) is 30.9 Å². The molecule has 170 valence electrons. The summed E-state index contributed by atoms with van der Waals surface area (Å²) >= 11 is 0. The fraction of sp³-hybridized carbons (Fsp3) is 0.652. The summed E-state index contributed by atoms with van der Waals surface area (Å²) < 4.78 is 6.52. The lowest BCUT2D eigenvalue weighted by atomic mass is 9.80. The van der Waals surface area contributed by atoms with Gasteiger partial charge in [-0.25, -0.2) is 4.79 Å². The Kier molecular flexibility index (Phi) is 6.39. The van der Waals surface area contributed by atoms with Crippen LogP contribution in [0.2, 0.25) is 0 Å². The highest BCUT2D eigenvalue weighted by atomic mass is 16.5. The minimum absolute atomic E-state index is 0.0181. The number of ether oxygens (including phenoxy) is 1. The normalized spacial score (nSPS) is 23.4. The molecule has 3 aliphatic heterocycles. The molecule has 1 aromatic rings. The Bertz CT molecular complexity index is 798. The first-order chi connectivity index (χ1) is 14.8. The molecule has 1 unspecified atom stereocenters. The van der Waals surface area contributed by atoms with E-state index in [-0.39, 0.29) is 23.6 Å². The van der Waals surface area contributed by atoms with Gasteiger partial charge >= 0.3 is 6.03 Å². The van der Waals surface area contributed by atoms with Gasteiger partial charge in [-0.2, -0.15) is 0 Å². The lowest BCUT2D eigenvalue weighted by Crippen LogP contribution is -2.57. The number of urea groups is 1. The van der Waals surface area contributed by atoms with Gasteiger partial charge in [-0.15, -0.1) is 0 Å². The molecular weight excluding hydrogens is 394 g/mol. The van der Waals surface area contributed by atoms with Gasteiger partial charge < -0.3 is 29.7 Å². The number of likely N-dealkylation sites (tertiary alicyclic amines) is 1. The zero-order chi connectivity index (χ0) is 22.0. The summed E-state index contributed by atoms with van der Waals surface area (Å²) in [5, 5.41) is 3.21. The highest BCUT2D eigenvalue weighted by Gasteiger charge is 2.44. The summed E-state index contributed by atoms with van der Waals surface area (Å²) in [5.41, 5.74) is 0.694. The number of amides is 3. The molecular formula is C23H35N5O3. The number of hydrogen-bond acceptors (Lipinski definition) is 5. The second-order valence-corrected chi connectivity index (χ2v) is 9.44. The SMILES string of the molecule is CN(C)CC(=O)NC1CC2(CCN(C(=O)N3CCN(C)CC3)CC2)Oc2ccccc21. The Morgan fingerprint density at radius 3 is 2.39 bits per heavy atom. The van der Waals surface area contributed by atoms with Crippen LogP contribution in [0.25, 0.3) is 0 Å². The number of nitrogens with one attached hydrogen (secondary N) is 1. The molecule has 2 fully saturated rings. The van der Waals surface area contributed by atoms with E-state index in [2.05, 4.69) is 17.3 Å². The van der Waals surface area contributed by atoms with Crippen molar-refractivity contribution in [2.45, 2.75) is 30.9 Å². The summed E-state index contributed by atoms with van der Waals surface area (Å²) in [5.74, 6) is 0.868. The molecule has 3 amide bonds. The summed E-state index contributed by atoms with van der Waals surface area (Å²) in [7, 11) is 5.89. The predicted octanol–water partition coefficient (Wildman–Crippen LogP) is 1.39. The zero-order valence-corrected chi connectivity index (χ0v) is 19.0. The number of piperazine rings is 1. The van der Waals surface area contributed by atoms with Crippen LogP contribution in [0.4, 0.5) is 4.79 Å². The van der Waals surface area contributed by atoms with Gasteiger partial charge in [0.2, 0.25) is 5.91 Å². The number of fused-ring (bicyclic) bond motifs is 1. The number of benzene rings is 1. The Morgan fingerprint density at radius 2 is 1.71 bits per heavy atom. The van der Waals surface area contributed by atoms with Gasteiger partial charge in [-0.1, -0.05) is 18.2 Å². The molecule has 4 rings (SSSR count). The third-order valence-electron chi connectivity index (χ3n) is 6.71. The molecule has 0 aliphatic carbocycles. The van der Waals surface area contributed by atoms with Gasteiger partial charge in [0.15, 0.2) is 0 Å². The van der Waals surface area contributed by atoms with Crippen LogP contribution >= 0.6 is 0 Å². The van der Waals surface area contributed by atoms with Gasteiger partial charge in [0.1, 0.15) is 11.4 Å². The van der Waals surface area contributed by atoms with E-state index in [0.717, 1.165) is 56.8 Å². The van der Waals surface area contributed by atoms with Crippen LogP contribution in [-0.4, -0.2) is 104 Å². The van der Waals surface area contributed by atoms with E-state index >= 15 is 0 Å². The highest BCUT2D eigenvalue weighted by Crippen LogP contribution is 2.44. The van der Waals surface area contributed by atoms with Crippen molar-refractivity contribution in [1.82, 2.24) is 24.9 Å². The zero-order valence-electron chi connectivity index (χ0n) is 19.0. The van der Waals surface area contributed by atoms with E-state index in [1.165, 1.54) is 0 Å². The van der Waals surface area contributed by atoms with Crippen LogP contribution < -0.4 is 10.1 Å². The summed E-state index contributed by atoms with van der Waals surface area (Å²) in [6, 6.07) is 8.07. The molecule has 0 radical (unpaired) electrons. The van der Waals surface area contributed by atoms with E-state index in [0.29, 0.717) is 19.6 Å². The monoisotopic (exact) mass is 429 g/mol. The lowest BCUT2D eigenvalue weighted by molar-refractivity contribution is -0.123. The van der Waals surface area contributed by atoms with Gasteiger partial charge in [-0.05, 0) is 27.2 Å². The average Bonchev–Trinajstić information content (AvgIpc) is 2.74.